The van der Waals surface area contributed by atoms with Crippen LogP contribution in [0.25, 0.3) is 0 Å². The molecule has 0 atom stereocenters. The van der Waals surface area contributed by atoms with Gasteiger partial charge in [-0.15, -0.1) is 0 Å². The van der Waals surface area contributed by atoms with Crippen molar-refractivity contribution in [1.29, 1.82) is 0 Å². The number of carbonyl (C=O) groups excluding carboxylic acids is 2. The Balaban J connectivity index is 2.07. The minimum absolute atomic E-state index is 0.0727. The molecule has 0 aromatic heterocycles. The van der Waals surface area contributed by atoms with Crippen molar-refractivity contribution in [2.75, 3.05) is 18.9 Å². The first kappa shape index (κ1) is 18.3. The number of hydrogen-bond acceptors (Lipinski definition) is 2. The van der Waals surface area contributed by atoms with Crippen LogP contribution in [-0.4, -0.2) is 30.3 Å². The molecule has 0 aliphatic rings. The average Bonchev–Trinajstić information content (AvgIpc) is 2.49. The number of para-hydroxylation sites is 1. The van der Waals surface area contributed by atoms with Crippen LogP contribution in [0, 0.1) is 13.8 Å². The molecule has 0 fully saturated rings. The number of carbonyl (C=O) groups is 2. The molecule has 0 aliphatic heterocycles. The van der Waals surface area contributed by atoms with Crippen molar-refractivity contribution in [3.8, 4) is 0 Å². The van der Waals surface area contributed by atoms with Gasteiger partial charge in [-0.25, -0.2) is 0 Å². The summed E-state index contributed by atoms with van der Waals surface area (Å²) in [6.45, 7) is 3.77. The summed E-state index contributed by atoms with van der Waals surface area (Å²) in [5, 5.41) is 3.60. The minimum Gasteiger partial charge on any atom is -0.332 e. The summed E-state index contributed by atoms with van der Waals surface area (Å²) in [7, 11) is 1.56. The summed E-state index contributed by atoms with van der Waals surface area (Å²) in [6, 6.07) is 10.4. The predicted molar refractivity (Wildman–Crippen MR) is 98.0 cm³/mol. The Morgan fingerprint density at radius 2 is 1.58 bits per heavy atom. The van der Waals surface area contributed by atoms with Crippen LogP contribution in [0.5, 0.6) is 0 Å². The summed E-state index contributed by atoms with van der Waals surface area (Å²) < 4.78 is 0. The lowest BCUT2D eigenvalue weighted by Gasteiger charge is -2.18. The van der Waals surface area contributed by atoms with E-state index in [1.165, 1.54) is 17.0 Å². The van der Waals surface area contributed by atoms with Gasteiger partial charge in [-0.2, -0.15) is 0 Å². The number of anilines is 1. The minimum atomic E-state index is -0.323. The van der Waals surface area contributed by atoms with Crippen molar-refractivity contribution < 1.29 is 9.59 Å². The fourth-order valence-electron chi connectivity index (χ4n) is 2.38. The second kappa shape index (κ2) is 7.69. The summed E-state index contributed by atoms with van der Waals surface area (Å²) in [6.07, 6.45) is 0. The molecule has 6 heteroatoms. The Kier molecular flexibility index (Phi) is 5.86. The van der Waals surface area contributed by atoms with Crippen LogP contribution in [-0.2, 0) is 4.79 Å². The molecule has 1 N–H and O–H groups in total. The van der Waals surface area contributed by atoms with Crippen molar-refractivity contribution >= 4 is 40.7 Å². The van der Waals surface area contributed by atoms with E-state index >= 15 is 0 Å². The number of halogens is 2. The lowest BCUT2D eigenvalue weighted by atomic mass is 10.1. The highest BCUT2D eigenvalue weighted by Gasteiger charge is 2.17. The third kappa shape index (κ3) is 4.49. The predicted octanol–water partition coefficient (Wildman–Crippen LogP) is 4.32. The summed E-state index contributed by atoms with van der Waals surface area (Å²) >= 11 is 11.8. The molecule has 2 aromatic carbocycles. The Morgan fingerprint density at radius 3 is 2.12 bits per heavy atom. The van der Waals surface area contributed by atoms with Gasteiger partial charge < -0.3 is 10.2 Å². The van der Waals surface area contributed by atoms with Crippen molar-refractivity contribution in [2.45, 2.75) is 13.8 Å². The molecule has 0 radical (unpaired) electrons. The molecule has 0 heterocycles. The number of amides is 2. The van der Waals surface area contributed by atoms with E-state index in [-0.39, 0.29) is 18.4 Å². The number of rotatable bonds is 4. The molecule has 0 saturated heterocycles. The second-order valence-corrected chi connectivity index (χ2v) is 6.51. The fourth-order valence-corrected chi connectivity index (χ4v) is 2.90. The van der Waals surface area contributed by atoms with Gasteiger partial charge in [0.1, 0.15) is 0 Å². The van der Waals surface area contributed by atoms with Crippen molar-refractivity contribution in [3.05, 3.63) is 63.1 Å². The summed E-state index contributed by atoms with van der Waals surface area (Å²) in [4.78, 5) is 26.0. The maximum Gasteiger partial charge on any atom is 0.254 e. The van der Waals surface area contributed by atoms with Gasteiger partial charge in [-0.05, 0) is 43.2 Å². The topological polar surface area (TPSA) is 49.4 Å². The van der Waals surface area contributed by atoms with E-state index in [1.54, 1.807) is 13.1 Å². The van der Waals surface area contributed by atoms with E-state index in [2.05, 4.69) is 5.32 Å². The number of likely N-dealkylation sites (N-methyl/N-ethyl adjacent to an activating group) is 1. The highest BCUT2D eigenvalue weighted by Crippen LogP contribution is 2.21. The summed E-state index contributed by atoms with van der Waals surface area (Å²) in [5.41, 5.74) is 3.06. The molecule has 0 saturated carbocycles. The van der Waals surface area contributed by atoms with Gasteiger partial charge in [0.2, 0.25) is 5.91 Å². The lowest BCUT2D eigenvalue weighted by Crippen LogP contribution is -2.35. The number of benzene rings is 2. The van der Waals surface area contributed by atoms with Gasteiger partial charge >= 0.3 is 0 Å². The van der Waals surface area contributed by atoms with Crippen LogP contribution in [0.3, 0.4) is 0 Å². The van der Waals surface area contributed by atoms with E-state index in [4.69, 9.17) is 23.2 Å². The lowest BCUT2D eigenvalue weighted by molar-refractivity contribution is -0.116. The van der Waals surface area contributed by atoms with E-state index in [0.717, 1.165) is 16.8 Å². The third-order valence-corrected chi connectivity index (χ3v) is 4.02. The molecule has 4 nitrogen and oxygen atoms in total. The van der Waals surface area contributed by atoms with Gasteiger partial charge in [0.25, 0.3) is 5.91 Å². The Morgan fingerprint density at radius 1 is 1.04 bits per heavy atom. The quantitative estimate of drug-likeness (QED) is 0.877. The normalized spacial score (nSPS) is 10.4. The Bertz CT molecular complexity index is 750. The van der Waals surface area contributed by atoms with Crippen LogP contribution in [0.15, 0.2) is 36.4 Å². The number of hydrogen-bond donors (Lipinski definition) is 1. The van der Waals surface area contributed by atoms with Gasteiger partial charge in [0, 0.05) is 28.3 Å². The Hall–Kier alpha value is -2.04. The third-order valence-electron chi connectivity index (χ3n) is 3.58. The number of nitrogens with zero attached hydrogens (tertiary/aromatic N) is 1. The van der Waals surface area contributed by atoms with Crippen molar-refractivity contribution in [3.63, 3.8) is 0 Å². The van der Waals surface area contributed by atoms with Crippen LogP contribution >= 0.6 is 23.2 Å². The summed E-state index contributed by atoms with van der Waals surface area (Å²) in [5.74, 6) is -0.590. The van der Waals surface area contributed by atoms with Crippen molar-refractivity contribution in [2.24, 2.45) is 0 Å². The smallest absolute Gasteiger partial charge is 0.254 e. The van der Waals surface area contributed by atoms with Crippen LogP contribution in [0.1, 0.15) is 21.5 Å². The van der Waals surface area contributed by atoms with Gasteiger partial charge in [0.05, 0.1) is 6.54 Å². The van der Waals surface area contributed by atoms with E-state index in [1.807, 2.05) is 32.0 Å². The van der Waals surface area contributed by atoms with E-state index in [0.29, 0.717) is 15.6 Å². The zero-order valence-corrected chi connectivity index (χ0v) is 15.2. The van der Waals surface area contributed by atoms with E-state index in [9.17, 15) is 9.59 Å². The molecule has 24 heavy (non-hydrogen) atoms. The molecule has 0 spiro atoms. The zero-order chi connectivity index (χ0) is 17.9. The molecule has 2 aromatic rings. The van der Waals surface area contributed by atoms with Gasteiger partial charge in [-0.3, -0.25) is 9.59 Å². The first-order chi connectivity index (χ1) is 11.3. The molecule has 2 rings (SSSR count). The van der Waals surface area contributed by atoms with Crippen LogP contribution in [0.4, 0.5) is 5.69 Å². The molecule has 2 amide bonds. The van der Waals surface area contributed by atoms with E-state index < -0.39 is 0 Å². The average molecular weight is 365 g/mol. The standard InChI is InChI=1S/C18H18Cl2N2O2/c1-11-5-4-6-12(2)17(11)21-16(23)10-22(3)18(24)13-7-14(19)9-15(20)8-13/h4-9H,10H2,1-3H3,(H,21,23). The molecular formula is C18H18Cl2N2O2. The molecule has 0 aliphatic carbocycles. The first-order valence-corrected chi connectivity index (χ1v) is 8.11. The highest BCUT2D eigenvalue weighted by atomic mass is 35.5. The number of aryl methyl sites for hydroxylation is 2. The molecule has 126 valence electrons. The monoisotopic (exact) mass is 364 g/mol. The molecule has 0 bridgehead atoms. The van der Waals surface area contributed by atoms with Gasteiger partial charge in [0.15, 0.2) is 0 Å². The second-order valence-electron chi connectivity index (χ2n) is 5.63. The van der Waals surface area contributed by atoms with Crippen LogP contribution in [0.2, 0.25) is 10.0 Å². The maximum atomic E-state index is 12.4. The zero-order valence-electron chi connectivity index (χ0n) is 13.7. The van der Waals surface area contributed by atoms with Gasteiger partial charge in [-0.1, -0.05) is 41.4 Å². The first-order valence-electron chi connectivity index (χ1n) is 7.35. The highest BCUT2D eigenvalue weighted by molar-refractivity contribution is 6.35. The number of nitrogens with one attached hydrogen (secondary N) is 1. The molecule has 0 unspecified atom stereocenters. The fraction of sp³-hybridized carbons (Fsp3) is 0.222. The SMILES string of the molecule is Cc1cccc(C)c1NC(=O)CN(C)C(=O)c1cc(Cl)cc(Cl)c1. The van der Waals surface area contributed by atoms with Crippen LogP contribution < -0.4 is 5.32 Å². The maximum absolute atomic E-state index is 12.4. The van der Waals surface area contributed by atoms with Crippen molar-refractivity contribution in [1.82, 2.24) is 4.90 Å². The largest absolute Gasteiger partial charge is 0.332 e. The molecular weight excluding hydrogens is 347 g/mol. The Labute approximate surface area is 151 Å².